The first-order chi connectivity index (χ1) is 4.20. The summed E-state index contributed by atoms with van der Waals surface area (Å²) in [4.78, 5) is 10.8. The van der Waals surface area contributed by atoms with E-state index in [1.807, 2.05) is 22.9 Å². The van der Waals surface area contributed by atoms with Crippen molar-refractivity contribution in [2.45, 2.75) is 18.9 Å². The Bertz CT molecular complexity index is 128. The molecule has 0 aromatic heterocycles. The van der Waals surface area contributed by atoms with Gasteiger partial charge in [-0.25, -0.2) is 0 Å². The molecule has 1 amide bonds. The van der Waals surface area contributed by atoms with Crippen LogP contribution in [0.4, 0.5) is 0 Å². The molecule has 1 heterocycles. The normalized spacial score (nSPS) is 28.9. The number of hydrogen-bond donors (Lipinski definition) is 1. The van der Waals surface area contributed by atoms with Gasteiger partial charge in [0.25, 0.3) is 0 Å². The van der Waals surface area contributed by atoms with Crippen LogP contribution in [0, 0.1) is 0 Å². The van der Waals surface area contributed by atoms with Gasteiger partial charge in [0.1, 0.15) is 0 Å². The van der Waals surface area contributed by atoms with E-state index in [1.165, 1.54) is 0 Å². The number of carbonyl (C=O) groups is 1. The zero-order chi connectivity index (χ0) is 6.85. The zero-order valence-corrected chi connectivity index (χ0v) is 7.17. The molecule has 0 saturated carbocycles. The zero-order valence-electron chi connectivity index (χ0n) is 5.01. The Morgan fingerprint density at radius 1 is 1.78 bits per heavy atom. The molecule has 1 atom stereocenters. The summed E-state index contributed by atoms with van der Waals surface area (Å²) in [5.74, 6) is 0.161. The maximum atomic E-state index is 10.8. The van der Waals surface area contributed by atoms with Crippen LogP contribution in [0.5, 0.6) is 0 Å². The fourth-order valence-corrected chi connectivity index (χ4v) is 1.30. The van der Waals surface area contributed by atoms with E-state index in [0.29, 0.717) is 6.42 Å². The van der Waals surface area contributed by atoms with Gasteiger partial charge in [0.2, 0.25) is 5.91 Å². The molecule has 0 bridgehead atoms. The second kappa shape index (κ2) is 2.83. The van der Waals surface area contributed by atoms with Crippen molar-refractivity contribution in [2.24, 2.45) is 5.73 Å². The van der Waals surface area contributed by atoms with Crippen LogP contribution in [-0.4, -0.2) is 21.6 Å². The number of nitrogens with two attached hydrogens (primary N) is 1. The summed E-state index contributed by atoms with van der Waals surface area (Å²) in [7, 11) is 0. The van der Waals surface area contributed by atoms with E-state index in [-0.39, 0.29) is 11.9 Å². The molecule has 0 aliphatic carbocycles. The molecule has 0 radical (unpaired) electrons. The van der Waals surface area contributed by atoms with Gasteiger partial charge in [-0.15, -0.1) is 0 Å². The first-order valence-corrected chi connectivity index (χ1v) is 3.88. The second-order valence-corrected chi connectivity index (χ2v) is 3.40. The lowest BCUT2D eigenvalue weighted by atomic mass is 10.1. The van der Waals surface area contributed by atoms with Crippen LogP contribution in [-0.2, 0) is 4.79 Å². The molecule has 52 valence electrons. The summed E-state index contributed by atoms with van der Waals surface area (Å²) < 4.78 is 1.70. The van der Waals surface area contributed by atoms with Gasteiger partial charge in [0, 0.05) is 19.0 Å². The second-order valence-electron chi connectivity index (χ2n) is 2.23. The highest BCUT2D eigenvalue weighted by Crippen LogP contribution is 2.13. The molecule has 1 saturated heterocycles. The molecular weight excluding hydrogens is 231 g/mol. The molecule has 3 nitrogen and oxygen atoms in total. The molecule has 2 N–H and O–H groups in total. The number of hydrogen-bond acceptors (Lipinski definition) is 2. The lowest BCUT2D eigenvalue weighted by Crippen LogP contribution is -2.38. The molecule has 1 aliphatic rings. The lowest BCUT2D eigenvalue weighted by Gasteiger charge is -2.23. The average molecular weight is 240 g/mol. The summed E-state index contributed by atoms with van der Waals surface area (Å²) in [5, 5.41) is 0. The van der Waals surface area contributed by atoms with Gasteiger partial charge in [-0.05, 0) is 6.42 Å². The maximum Gasteiger partial charge on any atom is 0.232 e. The van der Waals surface area contributed by atoms with Crippen molar-refractivity contribution in [3.63, 3.8) is 0 Å². The highest BCUT2D eigenvalue weighted by atomic mass is 127. The monoisotopic (exact) mass is 240 g/mol. The number of nitrogens with zero attached hydrogens (tertiary/aromatic N) is 1. The Kier molecular flexibility index (Phi) is 2.29. The fourth-order valence-electron chi connectivity index (χ4n) is 0.829. The molecule has 1 unspecified atom stereocenters. The number of piperidine rings is 1. The van der Waals surface area contributed by atoms with E-state index in [1.54, 1.807) is 3.11 Å². The van der Waals surface area contributed by atoms with Gasteiger partial charge in [-0.1, -0.05) is 0 Å². The van der Waals surface area contributed by atoms with Crippen LogP contribution in [0.2, 0.25) is 0 Å². The average Bonchev–Trinajstić information content (AvgIpc) is 1.80. The number of halogens is 1. The molecular formula is C5H9IN2O. The van der Waals surface area contributed by atoms with E-state index in [0.717, 1.165) is 13.0 Å². The first-order valence-electron chi connectivity index (χ1n) is 2.92. The highest BCUT2D eigenvalue weighted by Gasteiger charge is 2.20. The van der Waals surface area contributed by atoms with Gasteiger partial charge in [0.05, 0.1) is 22.9 Å². The standard InChI is InChI=1S/C5H9IN2O/c6-8-2-1-4(7)3-5(8)9/h4H,1-3,7H2. The summed E-state index contributed by atoms with van der Waals surface area (Å²) in [6, 6.07) is 0.100. The van der Waals surface area contributed by atoms with Crippen molar-refractivity contribution in [1.82, 2.24) is 3.11 Å². The number of amides is 1. The van der Waals surface area contributed by atoms with E-state index in [4.69, 9.17) is 5.73 Å². The molecule has 0 aromatic rings. The van der Waals surface area contributed by atoms with Crippen molar-refractivity contribution in [2.75, 3.05) is 6.54 Å². The predicted octanol–water partition coefficient (Wildman–Crippen LogP) is 0.286. The number of rotatable bonds is 0. The van der Waals surface area contributed by atoms with Crippen molar-refractivity contribution in [3.8, 4) is 0 Å². The third-order valence-corrected chi connectivity index (χ3v) is 2.42. The molecule has 0 spiro atoms. The van der Waals surface area contributed by atoms with Gasteiger partial charge in [-0.2, -0.15) is 0 Å². The third-order valence-electron chi connectivity index (χ3n) is 1.40. The predicted molar refractivity (Wildman–Crippen MR) is 42.9 cm³/mol. The van der Waals surface area contributed by atoms with Crippen LogP contribution >= 0.6 is 22.9 Å². The van der Waals surface area contributed by atoms with Gasteiger partial charge in [-0.3, -0.25) is 7.91 Å². The molecule has 1 fully saturated rings. The van der Waals surface area contributed by atoms with Crippen molar-refractivity contribution in [1.29, 1.82) is 0 Å². The molecule has 4 heteroatoms. The first kappa shape index (κ1) is 7.27. The van der Waals surface area contributed by atoms with E-state index in [9.17, 15) is 4.79 Å². The summed E-state index contributed by atoms with van der Waals surface area (Å²) in [6.07, 6.45) is 1.46. The Balaban J connectivity index is 2.44. The van der Waals surface area contributed by atoms with Crippen LogP contribution < -0.4 is 5.73 Å². The Morgan fingerprint density at radius 3 is 2.89 bits per heavy atom. The SMILES string of the molecule is NC1CCN(I)C(=O)C1. The minimum absolute atomic E-state index is 0.100. The van der Waals surface area contributed by atoms with Gasteiger partial charge in [0.15, 0.2) is 0 Å². The quantitative estimate of drug-likeness (QED) is 0.488. The van der Waals surface area contributed by atoms with Crippen LogP contribution in [0.25, 0.3) is 0 Å². The largest absolute Gasteiger partial charge is 0.327 e. The summed E-state index contributed by atoms with van der Waals surface area (Å²) in [6.45, 7) is 0.806. The fraction of sp³-hybridized carbons (Fsp3) is 0.800. The van der Waals surface area contributed by atoms with Gasteiger partial charge >= 0.3 is 0 Å². The summed E-state index contributed by atoms with van der Waals surface area (Å²) >= 11 is 2.02. The van der Waals surface area contributed by atoms with Crippen molar-refractivity contribution >= 4 is 28.8 Å². The Morgan fingerprint density at radius 2 is 2.44 bits per heavy atom. The van der Waals surface area contributed by atoms with E-state index < -0.39 is 0 Å². The topological polar surface area (TPSA) is 46.3 Å². The van der Waals surface area contributed by atoms with Crippen molar-refractivity contribution < 1.29 is 4.79 Å². The Hall–Kier alpha value is 0.160. The highest BCUT2D eigenvalue weighted by molar-refractivity contribution is 14.1. The molecule has 0 aromatic carbocycles. The molecule has 1 aliphatic heterocycles. The lowest BCUT2D eigenvalue weighted by molar-refractivity contribution is -0.127. The van der Waals surface area contributed by atoms with Gasteiger partial charge < -0.3 is 5.73 Å². The van der Waals surface area contributed by atoms with Crippen molar-refractivity contribution in [3.05, 3.63) is 0 Å². The molecule has 1 rings (SSSR count). The Labute approximate surface area is 68.1 Å². The summed E-state index contributed by atoms with van der Waals surface area (Å²) in [5.41, 5.74) is 5.54. The number of carbonyl (C=O) groups excluding carboxylic acids is 1. The smallest absolute Gasteiger partial charge is 0.232 e. The maximum absolute atomic E-state index is 10.8. The minimum Gasteiger partial charge on any atom is -0.327 e. The van der Waals surface area contributed by atoms with E-state index in [2.05, 4.69) is 0 Å². The minimum atomic E-state index is 0.100. The van der Waals surface area contributed by atoms with Crippen LogP contribution in [0.1, 0.15) is 12.8 Å². The van der Waals surface area contributed by atoms with Crippen LogP contribution in [0.15, 0.2) is 0 Å². The van der Waals surface area contributed by atoms with Crippen LogP contribution in [0.3, 0.4) is 0 Å². The van der Waals surface area contributed by atoms with E-state index >= 15 is 0 Å². The third kappa shape index (κ3) is 1.79. The molecule has 9 heavy (non-hydrogen) atoms.